The molecule has 1 amide bonds. The van der Waals surface area contributed by atoms with E-state index in [4.69, 9.17) is 6.57 Å². The largest absolute Gasteiger partial charge is 0.502 e. The highest BCUT2D eigenvalue weighted by molar-refractivity contribution is 6.29. The SMILES string of the molecule is [C-]#[N+]c1c(C)c(/C=C/C=C2C(=O)N(c3ccccc3)N=C2C)c(=O)n(-c2cccc(C)c2)c1O. The van der Waals surface area contributed by atoms with Crippen LogP contribution in [-0.4, -0.2) is 21.3 Å². The summed E-state index contributed by atoms with van der Waals surface area (Å²) in [4.78, 5) is 29.6. The van der Waals surface area contributed by atoms with Crippen LogP contribution in [0.25, 0.3) is 16.6 Å². The molecule has 0 fully saturated rings. The molecule has 0 saturated heterocycles. The molecule has 1 aromatic heterocycles. The van der Waals surface area contributed by atoms with Crippen molar-refractivity contribution in [1.82, 2.24) is 4.57 Å². The first-order chi connectivity index (χ1) is 16.3. The number of rotatable bonds is 4. The lowest BCUT2D eigenvalue weighted by molar-refractivity contribution is -0.114. The molecule has 0 bridgehead atoms. The van der Waals surface area contributed by atoms with Crippen LogP contribution in [0, 0.1) is 20.4 Å². The molecule has 1 aliphatic heterocycles. The second-order valence-electron chi connectivity index (χ2n) is 7.88. The fourth-order valence-electron chi connectivity index (χ4n) is 3.81. The number of allylic oxidation sites excluding steroid dienone is 2. The molecule has 0 atom stereocenters. The van der Waals surface area contributed by atoms with Crippen molar-refractivity contribution >= 4 is 29.1 Å². The van der Waals surface area contributed by atoms with Crippen molar-refractivity contribution in [1.29, 1.82) is 0 Å². The van der Waals surface area contributed by atoms with Gasteiger partial charge in [-0.05, 0) is 62.2 Å². The van der Waals surface area contributed by atoms with Gasteiger partial charge in [0, 0.05) is 5.56 Å². The Bertz CT molecular complexity index is 1490. The topological polar surface area (TPSA) is 79.3 Å². The quantitative estimate of drug-likeness (QED) is 0.445. The van der Waals surface area contributed by atoms with Gasteiger partial charge in [0.15, 0.2) is 0 Å². The predicted octanol–water partition coefficient (Wildman–Crippen LogP) is 5.07. The molecule has 4 rings (SSSR count). The molecule has 168 valence electrons. The molecular weight excluding hydrogens is 428 g/mol. The van der Waals surface area contributed by atoms with Gasteiger partial charge in [-0.15, -0.1) is 0 Å². The molecule has 0 unspecified atom stereocenters. The molecule has 34 heavy (non-hydrogen) atoms. The Morgan fingerprint density at radius 1 is 1.00 bits per heavy atom. The molecule has 7 heteroatoms. The predicted molar refractivity (Wildman–Crippen MR) is 134 cm³/mol. The number of anilines is 1. The summed E-state index contributed by atoms with van der Waals surface area (Å²) in [7, 11) is 0. The summed E-state index contributed by atoms with van der Waals surface area (Å²) in [6.45, 7) is 12.8. The molecule has 0 aliphatic carbocycles. The third-order valence-corrected chi connectivity index (χ3v) is 5.58. The van der Waals surface area contributed by atoms with E-state index in [1.54, 1.807) is 62.4 Å². The number of pyridine rings is 1. The van der Waals surface area contributed by atoms with E-state index in [-0.39, 0.29) is 17.2 Å². The first-order valence-corrected chi connectivity index (χ1v) is 10.6. The summed E-state index contributed by atoms with van der Waals surface area (Å²) in [5, 5.41) is 16.3. The Morgan fingerprint density at radius 3 is 2.38 bits per heavy atom. The molecular formula is C27H22N4O3. The first kappa shape index (κ1) is 22.5. The number of aromatic nitrogens is 1. The minimum Gasteiger partial charge on any atom is -0.502 e. The second kappa shape index (κ2) is 9.04. The van der Waals surface area contributed by atoms with Crippen LogP contribution in [0.5, 0.6) is 5.88 Å². The van der Waals surface area contributed by atoms with E-state index >= 15 is 0 Å². The fraction of sp³-hybridized carbons (Fsp3) is 0.111. The van der Waals surface area contributed by atoms with Gasteiger partial charge in [-0.2, -0.15) is 10.1 Å². The molecule has 7 nitrogen and oxygen atoms in total. The van der Waals surface area contributed by atoms with Crippen LogP contribution in [0.1, 0.15) is 23.6 Å². The van der Waals surface area contributed by atoms with E-state index in [1.165, 1.54) is 5.01 Å². The highest BCUT2D eigenvalue weighted by Gasteiger charge is 2.28. The van der Waals surface area contributed by atoms with Crippen molar-refractivity contribution < 1.29 is 9.90 Å². The summed E-state index contributed by atoms with van der Waals surface area (Å²) in [6.07, 6.45) is 4.75. The zero-order valence-corrected chi connectivity index (χ0v) is 19.0. The second-order valence-corrected chi connectivity index (χ2v) is 7.88. The average molecular weight is 450 g/mol. The summed E-state index contributed by atoms with van der Waals surface area (Å²) in [6, 6.07) is 16.2. The smallest absolute Gasteiger partial charge is 0.280 e. The number of carbonyl (C=O) groups is 1. The molecule has 1 aliphatic rings. The number of para-hydroxylation sites is 1. The monoisotopic (exact) mass is 450 g/mol. The Balaban J connectivity index is 1.76. The Hall–Kier alpha value is -4.70. The third-order valence-electron chi connectivity index (χ3n) is 5.58. The summed E-state index contributed by atoms with van der Waals surface area (Å²) in [5.41, 5.74) is 3.15. The van der Waals surface area contributed by atoms with Crippen LogP contribution in [0.3, 0.4) is 0 Å². The number of aryl methyl sites for hydroxylation is 1. The number of hydrazone groups is 1. The average Bonchev–Trinajstić information content (AvgIpc) is 3.10. The van der Waals surface area contributed by atoms with Gasteiger partial charge in [0.1, 0.15) is 0 Å². The maximum absolute atomic E-state index is 13.3. The number of nitrogens with zero attached hydrogens (tertiary/aromatic N) is 4. The van der Waals surface area contributed by atoms with E-state index in [0.29, 0.717) is 28.2 Å². The van der Waals surface area contributed by atoms with Gasteiger partial charge in [0.05, 0.1) is 29.2 Å². The lowest BCUT2D eigenvalue weighted by atomic mass is 10.1. The molecule has 0 radical (unpaired) electrons. The zero-order chi connectivity index (χ0) is 24.4. The zero-order valence-electron chi connectivity index (χ0n) is 19.0. The number of aromatic hydroxyl groups is 1. The summed E-state index contributed by atoms with van der Waals surface area (Å²) >= 11 is 0. The van der Waals surface area contributed by atoms with Gasteiger partial charge >= 0.3 is 0 Å². The van der Waals surface area contributed by atoms with Gasteiger partial charge in [-0.3, -0.25) is 14.2 Å². The van der Waals surface area contributed by atoms with Gasteiger partial charge in [0.2, 0.25) is 11.6 Å². The van der Waals surface area contributed by atoms with Crippen molar-refractivity contribution in [2.24, 2.45) is 5.10 Å². The van der Waals surface area contributed by atoms with Gasteiger partial charge in [-0.25, -0.2) is 4.85 Å². The number of amides is 1. The molecule has 2 aromatic carbocycles. The minimum absolute atomic E-state index is 0.00153. The molecule has 2 heterocycles. The normalized spacial score (nSPS) is 14.6. The lowest BCUT2D eigenvalue weighted by Crippen LogP contribution is -2.22. The van der Waals surface area contributed by atoms with Crippen LogP contribution < -0.4 is 10.6 Å². The Kier molecular flexibility index (Phi) is 5.98. The van der Waals surface area contributed by atoms with E-state index < -0.39 is 11.4 Å². The fourth-order valence-corrected chi connectivity index (χ4v) is 3.81. The van der Waals surface area contributed by atoms with Gasteiger partial charge in [-0.1, -0.05) is 42.5 Å². The van der Waals surface area contributed by atoms with Crippen molar-refractivity contribution in [2.75, 3.05) is 5.01 Å². The Labute approximate surface area is 197 Å². The number of benzene rings is 2. The minimum atomic E-state index is -0.461. The third kappa shape index (κ3) is 3.93. The number of hydrogen-bond acceptors (Lipinski definition) is 4. The highest BCUT2D eigenvalue weighted by atomic mass is 16.3. The van der Waals surface area contributed by atoms with Crippen molar-refractivity contribution in [3.05, 3.63) is 111 Å². The summed E-state index contributed by atoms with van der Waals surface area (Å²) in [5.74, 6) is -0.666. The Morgan fingerprint density at radius 2 is 1.71 bits per heavy atom. The summed E-state index contributed by atoms with van der Waals surface area (Å²) < 4.78 is 1.13. The van der Waals surface area contributed by atoms with Crippen molar-refractivity contribution in [3.8, 4) is 11.6 Å². The first-order valence-electron chi connectivity index (χ1n) is 10.6. The van der Waals surface area contributed by atoms with Crippen molar-refractivity contribution in [2.45, 2.75) is 20.8 Å². The highest BCUT2D eigenvalue weighted by Crippen LogP contribution is 2.33. The van der Waals surface area contributed by atoms with E-state index in [0.717, 1.165) is 10.1 Å². The lowest BCUT2D eigenvalue weighted by Gasteiger charge is -2.14. The van der Waals surface area contributed by atoms with Crippen LogP contribution in [0.15, 0.2) is 82.2 Å². The van der Waals surface area contributed by atoms with Gasteiger partial charge in [0.25, 0.3) is 11.5 Å². The van der Waals surface area contributed by atoms with E-state index in [1.807, 2.05) is 31.2 Å². The van der Waals surface area contributed by atoms with Crippen LogP contribution in [-0.2, 0) is 4.79 Å². The molecule has 0 spiro atoms. The van der Waals surface area contributed by atoms with E-state index in [9.17, 15) is 14.7 Å². The molecule has 0 saturated carbocycles. The van der Waals surface area contributed by atoms with E-state index in [2.05, 4.69) is 9.95 Å². The number of hydrogen-bond donors (Lipinski definition) is 1. The molecule has 1 N–H and O–H groups in total. The van der Waals surface area contributed by atoms with Crippen LogP contribution >= 0.6 is 0 Å². The van der Waals surface area contributed by atoms with Crippen LogP contribution in [0.2, 0.25) is 0 Å². The maximum Gasteiger partial charge on any atom is 0.280 e. The number of carbonyl (C=O) groups excluding carboxylic acids is 1. The molecule has 3 aromatic rings. The van der Waals surface area contributed by atoms with Crippen molar-refractivity contribution in [3.63, 3.8) is 0 Å². The standard InChI is InChI=1S/C27H22N4O3/c1-17-10-8-13-21(16-17)30-25(32)22(18(2)24(28-4)27(30)34)14-9-15-23-19(3)29-31(26(23)33)20-11-6-5-7-12-20/h5-16,34H,1-3H3/b14-9+,23-15?. The van der Waals surface area contributed by atoms with Gasteiger partial charge < -0.3 is 5.11 Å². The van der Waals surface area contributed by atoms with Crippen LogP contribution in [0.4, 0.5) is 11.4 Å². The maximum atomic E-state index is 13.3.